The van der Waals surface area contributed by atoms with E-state index in [1.54, 1.807) is 14.0 Å². The summed E-state index contributed by atoms with van der Waals surface area (Å²) >= 11 is 0. The number of methoxy groups -OCH3 is 2. The van der Waals surface area contributed by atoms with E-state index in [1.165, 1.54) is 7.11 Å². The Labute approximate surface area is 110 Å². The van der Waals surface area contributed by atoms with E-state index in [9.17, 15) is 4.79 Å². The molecule has 0 radical (unpaired) electrons. The highest BCUT2D eigenvalue weighted by atomic mass is 16.5. The molecule has 106 valence electrons. The molecule has 0 amide bonds. The molecule has 1 saturated heterocycles. The van der Waals surface area contributed by atoms with Gasteiger partial charge in [0.25, 0.3) is 0 Å². The van der Waals surface area contributed by atoms with Crippen molar-refractivity contribution in [3.63, 3.8) is 0 Å². The molecule has 18 heavy (non-hydrogen) atoms. The molecule has 0 bridgehead atoms. The summed E-state index contributed by atoms with van der Waals surface area (Å²) in [5.74, 6) is -0.352. The van der Waals surface area contributed by atoms with Gasteiger partial charge in [-0.3, -0.25) is 9.69 Å². The van der Waals surface area contributed by atoms with Crippen LogP contribution in [0, 0.1) is 0 Å². The average molecular weight is 258 g/mol. The molecule has 0 spiro atoms. The van der Waals surface area contributed by atoms with Crippen LogP contribution >= 0.6 is 0 Å². The molecule has 5 heteroatoms. The minimum atomic E-state index is -0.922. The first-order valence-corrected chi connectivity index (χ1v) is 6.55. The topological polar surface area (TPSA) is 64.8 Å². The van der Waals surface area contributed by atoms with Crippen LogP contribution in [-0.2, 0) is 14.3 Å². The Bertz CT molecular complexity index is 281. The second-order valence-corrected chi connectivity index (χ2v) is 5.46. The molecule has 1 aliphatic rings. The normalized spacial score (nSPS) is 26.4. The van der Waals surface area contributed by atoms with E-state index in [-0.39, 0.29) is 12.0 Å². The van der Waals surface area contributed by atoms with Gasteiger partial charge in [0.1, 0.15) is 5.54 Å². The van der Waals surface area contributed by atoms with Gasteiger partial charge < -0.3 is 15.2 Å². The molecule has 5 nitrogen and oxygen atoms in total. The maximum Gasteiger partial charge on any atom is 0.325 e. The molecular weight excluding hydrogens is 232 g/mol. The second kappa shape index (κ2) is 6.50. The lowest BCUT2D eigenvalue weighted by atomic mass is 9.93. The fourth-order valence-corrected chi connectivity index (χ4v) is 2.62. The average Bonchev–Trinajstić information content (AvgIpc) is 2.37. The van der Waals surface area contributed by atoms with Crippen LogP contribution in [0.3, 0.4) is 0 Å². The van der Waals surface area contributed by atoms with E-state index in [4.69, 9.17) is 15.2 Å². The van der Waals surface area contributed by atoms with Gasteiger partial charge in [-0.05, 0) is 39.7 Å². The van der Waals surface area contributed by atoms with Crippen LogP contribution in [0.2, 0.25) is 0 Å². The summed E-state index contributed by atoms with van der Waals surface area (Å²) in [5, 5.41) is 0. The van der Waals surface area contributed by atoms with Gasteiger partial charge in [0, 0.05) is 19.7 Å². The first kappa shape index (κ1) is 15.4. The van der Waals surface area contributed by atoms with Crippen molar-refractivity contribution in [1.29, 1.82) is 0 Å². The van der Waals surface area contributed by atoms with Crippen molar-refractivity contribution in [2.24, 2.45) is 5.73 Å². The van der Waals surface area contributed by atoms with Gasteiger partial charge in [-0.15, -0.1) is 0 Å². The van der Waals surface area contributed by atoms with E-state index in [0.29, 0.717) is 12.5 Å². The standard InChI is InChI=1S/C13H26N2O3/c1-10(8-13(2,14)12(16)18-4)15-7-5-6-11(9-15)17-3/h10-11H,5-9,14H2,1-4H3. The SMILES string of the molecule is COC(=O)C(C)(N)CC(C)N1CCCC(OC)C1. The lowest BCUT2D eigenvalue weighted by molar-refractivity contribution is -0.147. The fourth-order valence-electron chi connectivity index (χ4n) is 2.62. The summed E-state index contributed by atoms with van der Waals surface area (Å²) in [5.41, 5.74) is 5.09. The lowest BCUT2D eigenvalue weighted by Gasteiger charge is -2.38. The first-order chi connectivity index (χ1) is 8.40. The zero-order valence-corrected chi connectivity index (χ0v) is 11.9. The van der Waals surface area contributed by atoms with Gasteiger partial charge in [-0.2, -0.15) is 0 Å². The number of nitrogens with two attached hydrogens (primary N) is 1. The van der Waals surface area contributed by atoms with E-state index >= 15 is 0 Å². The highest BCUT2D eigenvalue weighted by Gasteiger charge is 2.34. The molecule has 2 N–H and O–H groups in total. The van der Waals surface area contributed by atoms with Crippen LogP contribution in [0.5, 0.6) is 0 Å². The minimum Gasteiger partial charge on any atom is -0.468 e. The molecule has 0 aromatic rings. The highest BCUT2D eigenvalue weighted by Crippen LogP contribution is 2.20. The van der Waals surface area contributed by atoms with Gasteiger partial charge in [0.15, 0.2) is 0 Å². The van der Waals surface area contributed by atoms with Crippen molar-refractivity contribution in [3.05, 3.63) is 0 Å². The maximum absolute atomic E-state index is 11.6. The van der Waals surface area contributed by atoms with E-state index in [1.807, 2.05) is 0 Å². The van der Waals surface area contributed by atoms with E-state index < -0.39 is 5.54 Å². The van der Waals surface area contributed by atoms with Crippen LogP contribution in [0.1, 0.15) is 33.1 Å². The number of likely N-dealkylation sites (tertiary alicyclic amines) is 1. The Morgan fingerprint density at radius 3 is 2.78 bits per heavy atom. The van der Waals surface area contributed by atoms with Crippen LogP contribution in [0.15, 0.2) is 0 Å². The van der Waals surface area contributed by atoms with Crippen LogP contribution < -0.4 is 5.73 Å². The Hall–Kier alpha value is -0.650. The molecular formula is C13H26N2O3. The molecule has 1 rings (SSSR count). The smallest absolute Gasteiger partial charge is 0.325 e. The molecule has 0 aromatic heterocycles. The number of hydrogen-bond acceptors (Lipinski definition) is 5. The number of carbonyl (C=O) groups is 1. The molecule has 0 saturated carbocycles. The van der Waals surface area contributed by atoms with Crippen molar-refractivity contribution in [2.75, 3.05) is 27.3 Å². The summed E-state index contributed by atoms with van der Waals surface area (Å²) in [7, 11) is 3.13. The molecule has 3 atom stereocenters. The number of ether oxygens (including phenoxy) is 2. The summed E-state index contributed by atoms with van der Waals surface area (Å²) in [4.78, 5) is 13.9. The van der Waals surface area contributed by atoms with Crippen LogP contribution in [0.4, 0.5) is 0 Å². The van der Waals surface area contributed by atoms with Crippen LogP contribution in [0.25, 0.3) is 0 Å². The predicted octanol–water partition coefficient (Wildman–Crippen LogP) is 0.766. The molecule has 1 aliphatic heterocycles. The Morgan fingerprint density at radius 2 is 2.22 bits per heavy atom. The summed E-state index contributed by atoms with van der Waals surface area (Å²) in [6.07, 6.45) is 3.12. The third-order valence-electron chi connectivity index (χ3n) is 3.74. The lowest BCUT2D eigenvalue weighted by Crippen LogP contribution is -2.52. The third kappa shape index (κ3) is 3.93. The molecule has 1 heterocycles. The van der Waals surface area contributed by atoms with Gasteiger partial charge in [0.2, 0.25) is 0 Å². The number of esters is 1. The monoisotopic (exact) mass is 258 g/mol. The largest absolute Gasteiger partial charge is 0.468 e. The van der Waals surface area contributed by atoms with Crippen molar-refractivity contribution in [1.82, 2.24) is 4.90 Å². The fraction of sp³-hybridized carbons (Fsp3) is 0.923. The van der Waals surface area contributed by atoms with Crippen LogP contribution in [-0.4, -0.2) is 55.9 Å². The predicted molar refractivity (Wildman–Crippen MR) is 70.3 cm³/mol. The van der Waals surface area contributed by atoms with Gasteiger partial charge >= 0.3 is 5.97 Å². The Morgan fingerprint density at radius 1 is 1.56 bits per heavy atom. The zero-order valence-electron chi connectivity index (χ0n) is 11.9. The van der Waals surface area contributed by atoms with E-state index in [2.05, 4.69) is 11.8 Å². The Kier molecular flexibility index (Phi) is 5.56. The summed E-state index contributed by atoms with van der Waals surface area (Å²) < 4.78 is 10.1. The molecule has 0 aromatic carbocycles. The number of piperidine rings is 1. The minimum absolute atomic E-state index is 0.247. The molecule has 1 fully saturated rings. The molecule has 0 aliphatic carbocycles. The van der Waals surface area contributed by atoms with Gasteiger partial charge in [-0.1, -0.05) is 0 Å². The highest BCUT2D eigenvalue weighted by molar-refractivity contribution is 5.79. The maximum atomic E-state index is 11.6. The quantitative estimate of drug-likeness (QED) is 0.738. The second-order valence-electron chi connectivity index (χ2n) is 5.46. The zero-order chi connectivity index (χ0) is 13.8. The van der Waals surface area contributed by atoms with E-state index in [0.717, 1.165) is 25.9 Å². The van der Waals surface area contributed by atoms with Crippen molar-refractivity contribution in [3.8, 4) is 0 Å². The third-order valence-corrected chi connectivity index (χ3v) is 3.74. The first-order valence-electron chi connectivity index (χ1n) is 6.55. The number of rotatable bonds is 5. The van der Waals surface area contributed by atoms with Crippen molar-refractivity contribution < 1.29 is 14.3 Å². The summed E-state index contributed by atoms with van der Waals surface area (Å²) in [6.45, 7) is 5.78. The van der Waals surface area contributed by atoms with Gasteiger partial charge in [-0.25, -0.2) is 0 Å². The Balaban J connectivity index is 2.54. The number of hydrogen-bond donors (Lipinski definition) is 1. The van der Waals surface area contributed by atoms with Gasteiger partial charge in [0.05, 0.1) is 13.2 Å². The number of carbonyl (C=O) groups excluding carboxylic acids is 1. The van der Waals surface area contributed by atoms with Crippen molar-refractivity contribution >= 4 is 5.97 Å². The van der Waals surface area contributed by atoms with Crippen molar-refractivity contribution in [2.45, 2.75) is 50.8 Å². The molecule has 3 unspecified atom stereocenters. The summed E-state index contributed by atoms with van der Waals surface area (Å²) in [6, 6.07) is 0.247. The number of nitrogens with zero attached hydrogens (tertiary/aromatic N) is 1.